The smallest absolute Gasteiger partial charge is 0.326 e. The number of hydrogen-bond donors (Lipinski definition) is 8. The Morgan fingerprint density at radius 2 is 1.53 bits per heavy atom. The number of aliphatic hydroxyl groups excluding tert-OH is 2. The van der Waals surface area contributed by atoms with Crippen molar-refractivity contribution in [2.24, 2.45) is 11.7 Å². The van der Waals surface area contributed by atoms with E-state index >= 15 is 0 Å². The maximum Gasteiger partial charge on any atom is 0.326 e. The molecule has 3 amide bonds. The number of H-pyrrole nitrogens is 1. The van der Waals surface area contributed by atoms with Gasteiger partial charge in [-0.1, -0.05) is 32.0 Å². The maximum absolute atomic E-state index is 13.2. The highest BCUT2D eigenvalue weighted by Crippen LogP contribution is 2.19. The molecule has 198 valence electrons. The van der Waals surface area contributed by atoms with Gasteiger partial charge < -0.3 is 42.0 Å². The molecule has 0 aliphatic rings. The van der Waals surface area contributed by atoms with E-state index in [-0.39, 0.29) is 18.8 Å². The highest BCUT2D eigenvalue weighted by atomic mass is 16.4. The predicted octanol–water partition coefficient (Wildman–Crippen LogP) is -1.00. The van der Waals surface area contributed by atoms with Crippen molar-refractivity contribution in [2.75, 3.05) is 6.61 Å². The van der Waals surface area contributed by atoms with Crippen LogP contribution in [0.3, 0.4) is 0 Å². The highest BCUT2D eigenvalue weighted by molar-refractivity contribution is 5.95. The molecule has 1 heterocycles. The number of nitrogens with two attached hydrogens (primary N) is 1. The first-order valence-electron chi connectivity index (χ1n) is 11.7. The Morgan fingerprint density at radius 3 is 2.11 bits per heavy atom. The summed E-state index contributed by atoms with van der Waals surface area (Å²) < 4.78 is 0. The first-order valence-corrected chi connectivity index (χ1v) is 11.7. The van der Waals surface area contributed by atoms with Crippen molar-refractivity contribution < 1.29 is 34.5 Å². The zero-order chi connectivity index (χ0) is 27.0. The first kappa shape index (κ1) is 28.8. The molecule has 0 saturated carbocycles. The standard InChI is InChI=1S/C24H35N5O7/c1-12(2)8-18(24(35)36)28-22(33)19(11-30)29-21(32)17(27-23(34)20(25)13(3)31)9-14-10-26-16-7-5-4-6-15(14)16/h4-7,10,12-13,17-20,26,30-31H,8-9,11,25H2,1-3H3,(H,27,34)(H,28,33)(H,29,32)(H,35,36). The van der Waals surface area contributed by atoms with Gasteiger partial charge in [-0.25, -0.2) is 4.79 Å². The van der Waals surface area contributed by atoms with Gasteiger partial charge in [0.05, 0.1) is 12.7 Å². The molecular formula is C24H35N5O7. The van der Waals surface area contributed by atoms with E-state index in [1.165, 1.54) is 6.92 Å². The van der Waals surface area contributed by atoms with Crippen molar-refractivity contribution in [2.45, 2.75) is 63.9 Å². The number of aromatic nitrogens is 1. The van der Waals surface area contributed by atoms with Crippen LogP contribution in [-0.2, 0) is 25.6 Å². The van der Waals surface area contributed by atoms with Crippen LogP contribution >= 0.6 is 0 Å². The summed E-state index contributed by atoms with van der Waals surface area (Å²) in [6, 6.07) is 2.17. The Hall–Kier alpha value is -3.48. The molecule has 0 bridgehead atoms. The van der Waals surface area contributed by atoms with Crippen molar-refractivity contribution in [3.05, 3.63) is 36.0 Å². The Kier molecular flexibility index (Phi) is 10.4. The Bertz CT molecular complexity index is 1070. The summed E-state index contributed by atoms with van der Waals surface area (Å²) in [4.78, 5) is 52.9. The van der Waals surface area contributed by atoms with Gasteiger partial charge in [-0.3, -0.25) is 14.4 Å². The van der Waals surface area contributed by atoms with Crippen LogP contribution in [0.1, 0.15) is 32.8 Å². The molecule has 0 radical (unpaired) electrons. The fraction of sp³-hybridized carbons (Fsp3) is 0.500. The van der Waals surface area contributed by atoms with Gasteiger partial charge in [-0.05, 0) is 30.9 Å². The molecule has 0 aliphatic carbocycles. The van der Waals surface area contributed by atoms with Crippen LogP contribution in [0.2, 0.25) is 0 Å². The molecule has 0 aliphatic heterocycles. The number of carboxylic acids is 1. The molecule has 12 nitrogen and oxygen atoms in total. The largest absolute Gasteiger partial charge is 0.480 e. The molecule has 0 saturated heterocycles. The van der Waals surface area contributed by atoms with Crippen LogP contribution in [0.25, 0.3) is 10.9 Å². The van der Waals surface area contributed by atoms with Crippen LogP contribution in [0.5, 0.6) is 0 Å². The van der Waals surface area contributed by atoms with E-state index in [4.69, 9.17) is 5.73 Å². The number of aromatic amines is 1. The molecule has 5 atom stereocenters. The van der Waals surface area contributed by atoms with Crippen LogP contribution in [0.4, 0.5) is 0 Å². The van der Waals surface area contributed by atoms with Crippen LogP contribution in [0, 0.1) is 5.92 Å². The SMILES string of the molecule is CC(C)CC(NC(=O)C(CO)NC(=O)C(Cc1c[nH]c2ccccc12)NC(=O)C(N)C(C)O)C(=O)O. The summed E-state index contributed by atoms with van der Waals surface area (Å²) in [5.74, 6) is -3.72. The number of amides is 3. The number of hydrogen-bond acceptors (Lipinski definition) is 7. The summed E-state index contributed by atoms with van der Waals surface area (Å²) in [6.45, 7) is 4.13. The molecule has 2 rings (SSSR count). The van der Waals surface area contributed by atoms with Gasteiger partial charge in [0.25, 0.3) is 0 Å². The van der Waals surface area contributed by atoms with E-state index in [1.54, 1.807) is 20.0 Å². The third-order valence-corrected chi connectivity index (χ3v) is 5.69. The lowest BCUT2D eigenvalue weighted by molar-refractivity contribution is -0.143. The lowest BCUT2D eigenvalue weighted by atomic mass is 10.0. The quantitative estimate of drug-likeness (QED) is 0.169. The molecule has 1 aromatic heterocycles. The van der Waals surface area contributed by atoms with Crippen LogP contribution in [0.15, 0.2) is 30.5 Å². The second-order valence-corrected chi connectivity index (χ2v) is 9.16. The second kappa shape index (κ2) is 13.0. The summed E-state index contributed by atoms with van der Waals surface area (Å²) in [6.07, 6.45) is 0.681. The molecule has 12 heteroatoms. The fourth-order valence-electron chi connectivity index (χ4n) is 3.65. The topological polar surface area (TPSA) is 207 Å². The monoisotopic (exact) mass is 505 g/mol. The van der Waals surface area contributed by atoms with Crippen LogP contribution in [-0.4, -0.2) is 80.9 Å². The average molecular weight is 506 g/mol. The molecule has 0 spiro atoms. The number of benzene rings is 1. The number of para-hydroxylation sites is 1. The van der Waals surface area contributed by atoms with Crippen molar-refractivity contribution in [1.29, 1.82) is 0 Å². The average Bonchev–Trinajstić information content (AvgIpc) is 3.23. The molecule has 1 aromatic carbocycles. The number of aliphatic hydroxyl groups is 2. The zero-order valence-electron chi connectivity index (χ0n) is 20.5. The predicted molar refractivity (Wildman–Crippen MR) is 132 cm³/mol. The number of aliphatic carboxylic acids is 1. The molecule has 2 aromatic rings. The number of nitrogens with one attached hydrogen (secondary N) is 4. The molecule has 9 N–H and O–H groups in total. The Labute approximate surface area is 208 Å². The van der Waals surface area contributed by atoms with E-state index in [0.29, 0.717) is 5.56 Å². The van der Waals surface area contributed by atoms with E-state index in [1.807, 2.05) is 24.3 Å². The number of carboxylic acid groups (broad SMARTS) is 1. The lowest BCUT2D eigenvalue weighted by Crippen LogP contribution is -2.59. The Morgan fingerprint density at radius 1 is 0.944 bits per heavy atom. The highest BCUT2D eigenvalue weighted by Gasteiger charge is 2.31. The number of carbonyl (C=O) groups is 4. The number of carbonyl (C=O) groups excluding carboxylic acids is 3. The first-order chi connectivity index (χ1) is 16.9. The molecule has 36 heavy (non-hydrogen) atoms. The van der Waals surface area contributed by atoms with Gasteiger partial charge >= 0.3 is 5.97 Å². The minimum atomic E-state index is -1.46. The van der Waals surface area contributed by atoms with Gasteiger partial charge in [0.1, 0.15) is 24.2 Å². The van der Waals surface area contributed by atoms with Gasteiger partial charge in [0.2, 0.25) is 17.7 Å². The van der Waals surface area contributed by atoms with Crippen LogP contribution < -0.4 is 21.7 Å². The van der Waals surface area contributed by atoms with E-state index in [9.17, 15) is 34.5 Å². The van der Waals surface area contributed by atoms with Crippen molar-refractivity contribution in [3.8, 4) is 0 Å². The normalized spacial score (nSPS) is 15.5. The summed E-state index contributed by atoms with van der Waals surface area (Å²) in [5.41, 5.74) is 7.23. The minimum absolute atomic E-state index is 0.0129. The minimum Gasteiger partial charge on any atom is -0.480 e. The van der Waals surface area contributed by atoms with Gasteiger partial charge in [-0.15, -0.1) is 0 Å². The maximum atomic E-state index is 13.2. The van der Waals surface area contributed by atoms with Gasteiger partial charge in [-0.2, -0.15) is 0 Å². The number of fused-ring (bicyclic) bond motifs is 1. The zero-order valence-corrected chi connectivity index (χ0v) is 20.5. The second-order valence-electron chi connectivity index (χ2n) is 9.16. The molecule has 5 unspecified atom stereocenters. The number of rotatable bonds is 13. The van der Waals surface area contributed by atoms with E-state index in [2.05, 4.69) is 20.9 Å². The third kappa shape index (κ3) is 7.77. The van der Waals surface area contributed by atoms with Crippen molar-refractivity contribution in [1.82, 2.24) is 20.9 Å². The van der Waals surface area contributed by atoms with E-state index in [0.717, 1.165) is 10.9 Å². The Balaban J connectivity index is 2.23. The molecular weight excluding hydrogens is 470 g/mol. The summed E-state index contributed by atoms with van der Waals surface area (Å²) in [5, 5.41) is 36.8. The van der Waals surface area contributed by atoms with E-state index < -0.39 is 60.6 Å². The summed E-state index contributed by atoms with van der Waals surface area (Å²) in [7, 11) is 0. The van der Waals surface area contributed by atoms with Crippen molar-refractivity contribution in [3.63, 3.8) is 0 Å². The fourth-order valence-corrected chi connectivity index (χ4v) is 3.65. The third-order valence-electron chi connectivity index (χ3n) is 5.69. The van der Waals surface area contributed by atoms with Crippen molar-refractivity contribution >= 4 is 34.6 Å². The van der Waals surface area contributed by atoms with Gasteiger partial charge in [0.15, 0.2) is 0 Å². The van der Waals surface area contributed by atoms with Gasteiger partial charge in [0, 0.05) is 23.5 Å². The summed E-state index contributed by atoms with van der Waals surface area (Å²) >= 11 is 0. The lowest BCUT2D eigenvalue weighted by Gasteiger charge is -2.25. The molecule has 0 fully saturated rings.